The molecule has 3 heteroatoms. The topological polar surface area (TPSA) is 37.8 Å². The molecular formula is C11H13N3. The molecule has 0 aliphatic carbocycles. The standard InChI is InChI=1S/C11H13N3/c1-8(12-2)9-3-4-10-11(7-9)14-6-5-13-10/h3-8,12H,1-2H3. The zero-order chi connectivity index (χ0) is 9.97. The Kier molecular flexibility index (Phi) is 2.41. The summed E-state index contributed by atoms with van der Waals surface area (Å²) in [4.78, 5) is 8.49. The van der Waals surface area contributed by atoms with Crippen molar-refractivity contribution in [1.29, 1.82) is 0 Å². The van der Waals surface area contributed by atoms with E-state index in [0.717, 1.165) is 11.0 Å². The number of hydrogen-bond acceptors (Lipinski definition) is 3. The average molecular weight is 187 g/mol. The van der Waals surface area contributed by atoms with E-state index in [-0.39, 0.29) is 0 Å². The third kappa shape index (κ3) is 1.59. The zero-order valence-corrected chi connectivity index (χ0v) is 8.36. The molecule has 0 aliphatic rings. The molecule has 1 N–H and O–H groups in total. The van der Waals surface area contributed by atoms with Gasteiger partial charge < -0.3 is 5.32 Å². The maximum Gasteiger partial charge on any atom is 0.0890 e. The summed E-state index contributed by atoms with van der Waals surface area (Å²) >= 11 is 0. The van der Waals surface area contributed by atoms with Crippen LogP contribution in [0, 0.1) is 0 Å². The molecule has 0 fully saturated rings. The smallest absolute Gasteiger partial charge is 0.0890 e. The SMILES string of the molecule is CNC(C)c1ccc2nccnc2c1. The Hall–Kier alpha value is -1.48. The summed E-state index contributed by atoms with van der Waals surface area (Å²) in [5.74, 6) is 0. The zero-order valence-electron chi connectivity index (χ0n) is 8.36. The maximum atomic E-state index is 4.27. The van der Waals surface area contributed by atoms with E-state index in [4.69, 9.17) is 0 Å². The van der Waals surface area contributed by atoms with Crippen molar-refractivity contribution >= 4 is 11.0 Å². The van der Waals surface area contributed by atoms with E-state index < -0.39 is 0 Å². The van der Waals surface area contributed by atoms with Gasteiger partial charge in [0.1, 0.15) is 0 Å². The van der Waals surface area contributed by atoms with Crippen molar-refractivity contribution in [3.05, 3.63) is 36.2 Å². The van der Waals surface area contributed by atoms with Gasteiger partial charge in [-0.1, -0.05) is 6.07 Å². The molecule has 1 aromatic heterocycles. The Morgan fingerprint density at radius 1 is 1.14 bits per heavy atom. The molecule has 0 aliphatic heterocycles. The Bertz CT molecular complexity index is 439. The van der Waals surface area contributed by atoms with Crippen molar-refractivity contribution in [2.45, 2.75) is 13.0 Å². The Balaban J connectivity index is 2.51. The van der Waals surface area contributed by atoms with Gasteiger partial charge in [0.15, 0.2) is 0 Å². The molecule has 2 aromatic rings. The van der Waals surface area contributed by atoms with Crippen LogP contribution in [0.15, 0.2) is 30.6 Å². The molecule has 0 saturated carbocycles. The van der Waals surface area contributed by atoms with Crippen LogP contribution >= 0.6 is 0 Å². The Morgan fingerprint density at radius 2 is 1.86 bits per heavy atom. The van der Waals surface area contributed by atoms with Gasteiger partial charge in [-0.25, -0.2) is 0 Å². The molecule has 0 saturated heterocycles. The summed E-state index contributed by atoms with van der Waals surface area (Å²) in [5.41, 5.74) is 3.13. The molecule has 0 radical (unpaired) electrons. The lowest BCUT2D eigenvalue weighted by Crippen LogP contribution is -2.12. The van der Waals surface area contributed by atoms with Gasteiger partial charge in [0, 0.05) is 18.4 Å². The molecule has 0 amide bonds. The number of aromatic nitrogens is 2. The molecule has 1 heterocycles. The van der Waals surface area contributed by atoms with Gasteiger partial charge in [0.05, 0.1) is 11.0 Å². The molecule has 1 unspecified atom stereocenters. The monoisotopic (exact) mass is 187 g/mol. The van der Waals surface area contributed by atoms with Gasteiger partial charge in [-0.2, -0.15) is 0 Å². The van der Waals surface area contributed by atoms with Crippen molar-refractivity contribution in [3.8, 4) is 0 Å². The van der Waals surface area contributed by atoms with E-state index in [1.165, 1.54) is 5.56 Å². The second-order valence-electron chi connectivity index (χ2n) is 3.31. The second-order valence-corrected chi connectivity index (χ2v) is 3.31. The van der Waals surface area contributed by atoms with Crippen molar-refractivity contribution in [2.24, 2.45) is 0 Å². The molecular weight excluding hydrogens is 174 g/mol. The van der Waals surface area contributed by atoms with Gasteiger partial charge in [-0.15, -0.1) is 0 Å². The van der Waals surface area contributed by atoms with Gasteiger partial charge in [-0.3, -0.25) is 9.97 Å². The van der Waals surface area contributed by atoms with Crippen LogP contribution < -0.4 is 5.32 Å². The largest absolute Gasteiger partial charge is 0.313 e. The molecule has 72 valence electrons. The maximum absolute atomic E-state index is 4.27. The van der Waals surface area contributed by atoms with Crippen molar-refractivity contribution in [2.75, 3.05) is 7.05 Å². The highest BCUT2D eigenvalue weighted by atomic mass is 14.9. The first-order valence-corrected chi connectivity index (χ1v) is 4.69. The van der Waals surface area contributed by atoms with Crippen LogP contribution in [0.4, 0.5) is 0 Å². The highest BCUT2D eigenvalue weighted by Crippen LogP contribution is 2.16. The number of benzene rings is 1. The Labute approximate surface area is 83.2 Å². The van der Waals surface area contributed by atoms with E-state index in [1.54, 1.807) is 12.4 Å². The molecule has 1 aromatic carbocycles. The summed E-state index contributed by atoms with van der Waals surface area (Å²) in [7, 11) is 1.95. The summed E-state index contributed by atoms with van der Waals surface area (Å²) in [6.45, 7) is 2.12. The average Bonchev–Trinajstić information content (AvgIpc) is 2.27. The van der Waals surface area contributed by atoms with E-state index in [9.17, 15) is 0 Å². The highest BCUT2D eigenvalue weighted by molar-refractivity contribution is 5.74. The predicted molar refractivity (Wildman–Crippen MR) is 57.0 cm³/mol. The molecule has 1 atom stereocenters. The molecule has 14 heavy (non-hydrogen) atoms. The number of rotatable bonds is 2. The second kappa shape index (κ2) is 3.72. The van der Waals surface area contributed by atoms with Crippen LogP contribution in [0.1, 0.15) is 18.5 Å². The van der Waals surface area contributed by atoms with Crippen molar-refractivity contribution in [1.82, 2.24) is 15.3 Å². The minimum Gasteiger partial charge on any atom is -0.313 e. The minimum atomic E-state index is 0.349. The van der Waals surface area contributed by atoms with Gasteiger partial charge in [0.25, 0.3) is 0 Å². The summed E-state index contributed by atoms with van der Waals surface area (Å²) < 4.78 is 0. The lowest BCUT2D eigenvalue weighted by molar-refractivity contribution is 0.653. The lowest BCUT2D eigenvalue weighted by Gasteiger charge is -2.10. The normalized spacial score (nSPS) is 13.0. The third-order valence-corrected chi connectivity index (χ3v) is 2.43. The number of fused-ring (bicyclic) bond motifs is 1. The minimum absolute atomic E-state index is 0.349. The fraction of sp³-hybridized carbons (Fsp3) is 0.273. The quantitative estimate of drug-likeness (QED) is 0.780. The lowest BCUT2D eigenvalue weighted by atomic mass is 10.1. The summed E-state index contributed by atoms with van der Waals surface area (Å²) in [5, 5.41) is 3.20. The Morgan fingerprint density at radius 3 is 2.57 bits per heavy atom. The molecule has 3 nitrogen and oxygen atoms in total. The highest BCUT2D eigenvalue weighted by Gasteiger charge is 2.03. The summed E-state index contributed by atoms with van der Waals surface area (Å²) in [6.07, 6.45) is 3.43. The molecule has 0 spiro atoms. The van der Waals surface area contributed by atoms with Crippen LogP contribution in [0.5, 0.6) is 0 Å². The third-order valence-electron chi connectivity index (χ3n) is 2.43. The first-order chi connectivity index (χ1) is 6.81. The number of hydrogen-bond donors (Lipinski definition) is 1. The first kappa shape index (κ1) is 9.09. The van der Waals surface area contributed by atoms with E-state index in [2.05, 4.69) is 34.3 Å². The molecule has 2 rings (SSSR count). The van der Waals surface area contributed by atoms with Crippen LogP contribution in [0.25, 0.3) is 11.0 Å². The molecule has 0 bridgehead atoms. The van der Waals surface area contributed by atoms with Gasteiger partial charge >= 0.3 is 0 Å². The van der Waals surface area contributed by atoms with Crippen LogP contribution in [0.3, 0.4) is 0 Å². The van der Waals surface area contributed by atoms with Crippen LogP contribution in [-0.2, 0) is 0 Å². The van der Waals surface area contributed by atoms with Crippen molar-refractivity contribution in [3.63, 3.8) is 0 Å². The first-order valence-electron chi connectivity index (χ1n) is 4.69. The fourth-order valence-electron chi connectivity index (χ4n) is 1.42. The number of nitrogens with zero attached hydrogens (tertiary/aromatic N) is 2. The van der Waals surface area contributed by atoms with Crippen LogP contribution in [0.2, 0.25) is 0 Å². The number of nitrogens with one attached hydrogen (secondary N) is 1. The van der Waals surface area contributed by atoms with E-state index >= 15 is 0 Å². The fourth-order valence-corrected chi connectivity index (χ4v) is 1.42. The summed E-state index contributed by atoms with van der Waals surface area (Å²) in [6, 6.07) is 6.51. The van der Waals surface area contributed by atoms with E-state index in [0.29, 0.717) is 6.04 Å². The van der Waals surface area contributed by atoms with Crippen LogP contribution in [-0.4, -0.2) is 17.0 Å². The van der Waals surface area contributed by atoms with E-state index in [1.807, 2.05) is 13.1 Å². The predicted octanol–water partition coefficient (Wildman–Crippen LogP) is 1.91. The van der Waals surface area contributed by atoms with Gasteiger partial charge in [0.2, 0.25) is 0 Å². The van der Waals surface area contributed by atoms with Gasteiger partial charge in [-0.05, 0) is 31.7 Å². The van der Waals surface area contributed by atoms with Crippen molar-refractivity contribution < 1.29 is 0 Å².